The number of hydrogen-bond acceptors (Lipinski definition) is 2. The van der Waals surface area contributed by atoms with Gasteiger partial charge in [0.2, 0.25) is 11.9 Å². The first-order valence-corrected chi connectivity index (χ1v) is 20.6. The number of fused-ring (bicyclic) bond motifs is 6. The highest BCUT2D eigenvalue weighted by Crippen LogP contribution is 2.41. The Morgan fingerprint density at radius 3 is 2.16 bits per heavy atom. The van der Waals surface area contributed by atoms with Crippen molar-refractivity contribution in [2.24, 2.45) is 5.92 Å². The summed E-state index contributed by atoms with van der Waals surface area (Å²) in [6.07, 6.45) is 6.84. The van der Waals surface area contributed by atoms with Gasteiger partial charge in [0.25, 0.3) is 0 Å². The maximum absolute atomic E-state index is 6.49. The van der Waals surface area contributed by atoms with Gasteiger partial charge in [-0.2, -0.15) is 4.58 Å². The third-order valence-corrected chi connectivity index (χ3v) is 12.5. The normalized spacial score (nSPS) is 18.4. The van der Waals surface area contributed by atoms with Crippen LogP contribution in [-0.2, 0) is 0 Å². The molecule has 58 heavy (non-hydrogen) atoms. The maximum atomic E-state index is 6.49. The second-order valence-electron chi connectivity index (χ2n) is 15.8. The molecule has 0 amide bonds. The van der Waals surface area contributed by atoms with E-state index >= 15 is 0 Å². The fourth-order valence-corrected chi connectivity index (χ4v) is 9.65. The van der Waals surface area contributed by atoms with Crippen LogP contribution >= 0.6 is 0 Å². The Hall–Kier alpha value is -6.75. The van der Waals surface area contributed by atoms with E-state index in [0.29, 0.717) is 5.92 Å². The molecule has 0 bridgehead atoms. The number of allylic oxidation sites excluding steroid dienone is 3. The van der Waals surface area contributed by atoms with Crippen molar-refractivity contribution >= 4 is 55.0 Å². The molecule has 4 nitrogen and oxygen atoms in total. The summed E-state index contributed by atoms with van der Waals surface area (Å²) in [5.74, 6) is 0.459. The summed E-state index contributed by atoms with van der Waals surface area (Å²) in [5, 5.41) is 8.87. The van der Waals surface area contributed by atoms with Crippen molar-refractivity contribution < 1.29 is 8.99 Å². The Labute approximate surface area is 338 Å². The molecule has 3 atom stereocenters. The molecule has 3 heterocycles. The lowest BCUT2D eigenvalue weighted by atomic mass is 9.87. The van der Waals surface area contributed by atoms with E-state index in [0.717, 1.165) is 51.6 Å². The Morgan fingerprint density at radius 2 is 1.34 bits per heavy atom. The second kappa shape index (κ2) is 14.0. The highest BCUT2D eigenvalue weighted by atomic mass is 16.3. The molecule has 1 N–H and O–H groups in total. The average Bonchev–Trinajstić information content (AvgIpc) is 3.97. The molecule has 1 aliphatic heterocycles. The summed E-state index contributed by atoms with van der Waals surface area (Å²) in [5.41, 5.74) is 15.5. The Bertz CT molecular complexity index is 3110. The first-order valence-electron chi connectivity index (χ1n) is 20.6. The van der Waals surface area contributed by atoms with Gasteiger partial charge < -0.3 is 8.98 Å². The lowest BCUT2D eigenvalue weighted by Gasteiger charge is -2.21. The Kier molecular flexibility index (Phi) is 8.34. The number of para-hydroxylation sites is 3. The van der Waals surface area contributed by atoms with Crippen LogP contribution in [0, 0.1) is 5.92 Å². The number of aromatic nitrogens is 1. The summed E-state index contributed by atoms with van der Waals surface area (Å²) in [6.45, 7) is 4.64. The van der Waals surface area contributed by atoms with E-state index in [4.69, 9.17) is 4.42 Å². The van der Waals surface area contributed by atoms with Gasteiger partial charge in [0.05, 0.1) is 11.0 Å². The zero-order valence-corrected chi connectivity index (χ0v) is 32.8. The molecule has 3 unspecified atom stereocenters. The topological polar surface area (TPSA) is 33.1 Å². The van der Waals surface area contributed by atoms with Gasteiger partial charge in [0.1, 0.15) is 17.2 Å². The number of nitrogens with zero attached hydrogens (tertiary/aromatic N) is 2. The fourth-order valence-electron chi connectivity index (χ4n) is 9.65. The van der Waals surface area contributed by atoms with Crippen LogP contribution < -0.4 is 5.32 Å². The Balaban J connectivity index is 1.02. The van der Waals surface area contributed by atoms with E-state index in [1.165, 1.54) is 55.5 Å². The van der Waals surface area contributed by atoms with E-state index in [9.17, 15) is 0 Å². The van der Waals surface area contributed by atoms with Crippen molar-refractivity contribution in [3.05, 3.63) is 204 Å². The van der Waals surface area contributed by atoms with Gasteiger partial charge in [-0.3, -0.25) is 0 Å². The van der Waals surface area contributed by atoms with Gasteiger partial charge in [-0.15, -0.1) is 0 Å². The average molecular weight is 751 g/mol. The molecule has 0 saturated heterocycles. The minimum atomic E-state index is 0.0146. The number of furan rings is 1. The lowest BCUT2D eigenvalue weighted by molar-refractivity contribution is -0.518. The summed E-state index contributed by atoms with van der Waals surface area (Å²) in [6, 6.07) is 61.6. The second-order valence-corrected chi connectivity index (χ2v) is 15.8. The van der Waals surface area contributed by atoms with E-state index in [2.05, 4.69) is 204 Å². The predicted octanol–water partition coefficient (Wildman–Crippen LogP) is 13.6. The van der Waals surface area contributed by atoms with Crippen LogP contribution in [0.4, 0.5) is 0 Å². The smallest absolute Gasteiger partial charge is 0.239 e. The van der Waals surface area contributed by atoms with Crippen molar-refractivity contribution in [2.45, 2.75) is 38.9 Å². The van der Waals surface area contributed by atoms with Gasteiger partial charge in [0.15, 0.2) is 5.71 Å². The van der Waals surface area contributed by atoms with Crippen LogP contribution in [0.5, 0.6) is 0 Å². The highest BCUT2D eigenvalue weighted by molar-refractivity contribution is 6.13. The molecule has 0 spiro atoms. The van der Waals surface area contributed by atoms with Gasteiger partial charge in [-0.05, 0) is 71.0 Å². The van der Waals surface area contributed by atoms with Crippen LogP contribution in [0.3, 0.4) is 0 Å². The summed E-state index contributed by atoms with van der Waals surface area (Å²) in [7, 11) is 0. The van der Waals surface area contributed by atoms with Crippen molar-refractivity contribution in [2.75, 3.05) is 0 Å². The monoisotopic (exact) mass is 750 g/mol. The van der Waals surface area contributed by atoms with Crippen LogP contribution in [0.15, 0.2) is 192 Å². The molecular formula is C54H44N3O+. The first-order chi connectivity index (χ1) is 28.6. The third-order valence-electron chi connectivity index (χ3n) is 12.5. The van der Waals surface area contributed by atoms with Crippen LogP contribution in [0.2, 0.25) is 0 Å². The quantitative estimate of drug-likeness (QED) is 0.165. The molecule has 4 heteroatoms. The van der Waals surface area contributed by atoms with E-state index in [-0.39, 0.29) is 12.2 Å². The zero-order chi connectivity index (χ0) is 38.7. The molecule has 0 fully saturated rings. The Morgan fingerprint density at radius 1 is 0.638 bits per heavy atom. The summed E-state index contributed by atoms with van der Waals surface area (Å²) >= 11 is 0. The van der Waals surface area contributed by atoms with Gasteiger partial charge in [-0.25, -0.2) is 5.32 Å². The molecule has 2 aliphatic rings. The standard InChI is InChI=1S/C54H44N3O/c1-3-48-52(55-54(38-17-8-5-9-18-38)57(48)41-29-25-35(2)47(34-41)36-15-6-4-7-16-36)37-26-30-40(31-27-37)56-49-23-12-10-19-43(49)44-32-28-39(33-50(44)56)42-21-14-22-46-45-20-11-13-24-51(45)58-53(42)46/h4-24,26-35,52,54-55H,3,25H2,1-2H3/q+1. The van der Waals surface area contributed by atoms with Crippen molar-refractivity contribution in [3.63, 3.8) is 0 Å². The molecule has 7 aromatic carbocycles. The molecule has 0 radical (unpaired) electrons. The summed E-state index contributed by atoms with van der Waals surface area (Å²) in [4.78, 5) is 0. The molecule has 9 aromatic rings. The largest absolute Gasteiger partial charge is 0.455 e. The molecule has 2 aromatic heterocycles. The summed E-state index contributed by atoms with van der Waals surface area (Å²) < 4.78 is 11.5. The first kappa shape index (κ1) is 34.5. The SMILES string of the molecule is CCC1=[N+](C2=CCC(C)C(c3ccccc3)=C2)C(c2ccccc2)NC1c1ccc(-n2c3ccccc3c3ccc(-c4cccc5c4oc4ccccc45)cc32)cc1. The van der Waals surface area contributed by atoms with Crippen molar-refractivity contribution in [1.82, 2.24) is 9.88 Å². The highest BCUT2D eigenvalue weighted by Gasteiger charge is 2.43. The van der Waals surface area contributed by atoms with E-state index in [1.54, 1.807) is 0 Å². The maximum Gasteiger partial charge on any atom is 0.239 e. The van der Waals surface area contributed by atoms with E-state index in [1.807, 2.05) is 6.07 Å². The van der Waals surface area contributed by atoms with Crippen molar-refractivity contribution in [1.29, 1.82) is 0 Å². The number of benzene rings is 7. The van der Waals surface area contributed by atoms with Crippen molar-refractivity contribution in [3.8, 4) is 16.8 Å². The van der Waals surface area contributed by atoms with Crippen LogP contribution in [0.25, 0.3) is 66.1 Å². The predicted molar refractivity (Wildman–Crippen MR) is 240 cm³/mol. The van der Waals surface area contributed by atoms with Gasteiger partial charge in [0, 0.05) is 50.9 Å². The van der Waals surface area contributed by atoms with Gasteiger partial charge in [-0.1, -0.05) is 153 Å². The minimum absolute atomic E-state index is 0.0146. The lowest BCUT2D eigenvalue weighted by Crippen LogP contribution is -2.25. The zero-order valence-electron chi connectivity index (χ0n) is 32.8. The van der Waals surface area contributed by atoms with Gasteiger partial charge >= 0.3 is 0 Å². The van der Waals surface area contributed by atoms with Crippen LogP contribution in [0.1, 0.15) is 55.6 Å². The molecular weight excluding hydrogens is 707 g/mol. The number of hydrogen-bond donors (Lipinski definition) is 1. The number of rotatable bonds is 7. The molecule has 0 saturated carbocycles. The molecule has 1 aliphatic carbocycles. The number of nitrogens with one attached hydrogen (secondary N) is 1. The molecule has 11 rings (SSSR count). The fraction of sp³-hybridized carbons (Fsp3) is 0.130. The minimum Gasteiger partial charge on any atom is -0.455 e. The molecule has 280 valence electrons. The third kappa shape index (κ3) is 5.59. The van der Waals surface area contributed by atoms with Crippen LogP contribution in [-0.4, -0.2) is 14.9 Å². The van der Waals surface area contributed by atoms with E-state index < -0.39 is 0 Å².